The highest BCUT2D eigenvalue weighted by atomic mass is 14.9. The van der Waals surface area contributed by atoms with Gasteiger partial charge in [-0.15, -0.1) is 0 Å². The van der Waals surface area contributed by atoms with Gasteiger partial charge in [0.25, 0.3) is 0 Å². The highest BCUT2D eigenvalue weighted by Gasteiger charge is 2.26. The third-order valence-corrected chi connectivity index (χ3v) is 3.73. The van der Waals surface area contributed by atoms with Crippen LogP contribution < -0.4 is 5.32 Å². The molecule has 1 nitrogen and oxygen atoms in total. The van der Waals surface area contributed by atoms with Crippen molar-refractivity contribution in [1.82, 2.24) is 5.32 Å². The van der Waals surface area contributed by atoms with Crippen LogP contribution in [0.2, 0.25) is 0 Å². The highest BCUT2D eigenvalue weighted by Crippen LogP contribution is 2.34. The van der Waals surface area contributed by atoms with Crippen LogP contribution in [0.4, 0.5) is 0 Å². The maximum Gasteiger partial charge on any atom is 0.00674 e. The molecule has 1 N–H and O–H groups in total. The first-order valence-electron chi connectivity index (χ1n) is 6.73. The molecule has 1 aliphatic carbocycles. The van der Waals surface area contributed by atoms with E-state index in [0.29, 0.717) is 5.41 Å². The van der Waals surface area contributed by atoms with E-state index in [1.807, 2.05) is 0 Å². The van der Waals surface area contributed by atoms with Gasteiger partial charge >= 0.3 is 0 Å². The molecule has 0 heterocycles. The summed E-state index contributed by atoms with van der Waals surface area (Å²) in [6.07, 6.45) is 8.27. The van der Waals surface area contributed by atoms with Crippen molar-refractivity contribution in [2.75, 3.05) is 6.54 Å². The minimum absolute atomic E-state index is 0.607. The minimum Gasteiger partial charge on any atom is -0.314 e. The molecule has 0 saturated heterocycles. The molecule has 0 aromatic carbocycles. The third-order valence-electron chi connectivity index (χ3n) is 3.73. The van der Waals surface area contributed by atoms with Gasteiger partial charge in [-0.3, -0.25) is 0 Å². The molecular formula is C14H29N. The largest absolute Gasteiger partial charge is 0.314 e. The van der Waals surface area contributed by atoms with Gasteiger partial charge in [-0.25, -0.2) is 0 Å². The van der Waals surface area contributed by atoms with Crippen molar-refractivity contribution in [2.45, 2.75) is 72.3 Å². The summed E-state index contributed by atoms with van der Waals surface area (Å²) in [7, 11) is 0. The Kier molecular flexibility index (Phi) is 5.11. The summed E-state index contributed by atoms with van der Waals surface area (Å²) >= 11 is 0. The van der Waals surface area contributed by atoms with Crippen molar-refractivity contribution in [3.8, 4) is 0 Å². The van der Waals surface area contributed by atoms with Crippen molar-refractivity contribution >= 4 is 0 Å². The van der Waals surface area contributed by atoms with Crippen LogP contribution in [0.15, 0.2) is 0 Å². The first-order chi connectivity index (χ1) is 6.99. The van der Waals surface area contributed by atoms with Crippen LogP contribution in [-0.4, -0.2) is 12.6 Å². The Labute approximate surface area is 96.0 Å². The maximum absolute atomic E-state index is 3.71. The van der Waals surface area contributed by atoms with Crippen molar-refractivity contribution in [1.29, 1.82) is 0 Å². The Morgan fingerprint density at radius 3 is 2.33 bits per heavy atom. The predicted octanol–water partition coefficient (Wildman–Crippen LogP) is 3.98. The van der Waals surface area contributed by atoms with E-state index in [1.54, 1.807) is 0 Å². The second-order valence-electron chi connectivity index (χ2n) is 6.43. The molecule has 1 heteroatoms. The summed E-state index contributed by atoms with van der Waals surface area (Å²) in [6, 6.07) is 0.810. The third kappa shape index (κ3) is 5.55. The fourth-order valence-corrected chi connectivity index (χ4v) is 2.42. The molecule has 0 amide bonds. The molecule has 0 unspecified atom stereocenters. The lowest BCUT2D eigenvalue weighted by atomic mass is 9.75. The SMILES string of the molecule is CC(C)CCCNC1CCC(C)(C)CC1. The Bertz CT molecular complexity index is 162. The number of hydrogen-bond acceptors (Lipinski definition) is 1. The Morgan fingerprint density at radius 2 is 1.80 bits per heavy atom. The fraction of sp³-hybridized carbons (Fsp3) is 1.00. The molecule has 0 aromatic heterocycles. The first kappa shape index (κ1) is 13.0. The lowest BCUT2D eigenvalue weighted by Gasteiger charge is -2.34. The van der Waals surface area contributed by atoms with Crippen molar-refractivity contribution < 1.29 is 0 Å². The first-order valence-corrected chi connectivity index (χ1v) is 6.73. The number of nitrogens with one attached hydrogen (secondary N) is 1. The van der Waals surface area contributed by atoms with Gasteiger partial charge in [0.1, 0.15) is 0 Å². The zero-order valence-electron chi connectivity index (χ0n) is 11.1. The highest BCUT2D eigenvalue weighted by molar-refractivity contribution is 4.81. The van der Waals surface area contributed by atoms with Gasteiger partial charge in [0.2, 0.25) is 0 Å². The van der Waals surface area contributed by atoms with Gasteiger partial charge in [-0.2, -0.15) is 0 Å². The molecule has 0 spiro atoms. The van der Waals surface area contributed by atoms with E-state index >= 15 is 0 Å². The van der Waals surface area contributed by atoms with Crippen LogP contribution in [0.25, 0.3) is 0 Å². The van der Waals surface area contributed by atoms with E-state index in [9.17, 15) is 0 Å². The smallest absolute Gasteiger partial charge is 0.00674 e. The Hall–Kier alpha value is -0.0400. The van der Waals surface area contributed by atoms with E-state index < -0.39 is 0 Å². The lowest BCUT2D eigenvalue weighted by Crippen LogP contribution is -2.36. The normalized spacial score (nSPS) is 22.2. The summed E-state index contributed by atoms with van der Waals surface area (Å²) in [4.78, 5) is 0. The average Bonchev–Trinajstić information content (AvgIpc) is 2.14. The molecule has 1 aliphatic rings. The van der Waals surface area contributed by atoms with E-state index in [-0.39, 0.29) is 0 Å². The van der Waals surface area contributed by atoms with Crippen molar-refractivity contribution in [3.05, 3.63) is 0 Å². The molecule has 0 aliphatic heterocycles. The summed E-state index contributed by atoms with van der Waals surface area (Å²) in [5.41, 5.74) is 0.607. The fourth-order valence-electron chi connectivity index (χ4n) is 2.42. The molecule has 0 bridgehead atoms. The topological polar surface area (TPSA) is 12.0 Å². The van der Waals surface area contributed by atoms with Gasteiger partial charge in [0.15, 0.2) is 0 Å². The van der Waals surface area contributed by atoms with Gasteiger partial charge < -0.3 is 5.32 Å². The van der Waals surface area contributed by atoms with Gasteiger partial charge in [-0.1, -0.05) is 27.7 Å². The molecule has 0 aromatic rings. The van der Waals surface area contributed by atoms with Crippen LogP contribution in [0.5, 0.6) is 0 Å². The Balaban J connectivity index is 2.04. The van der Waals surface area contributed by atoms with E-state index in [0.717, 1.165) is 12.0 Å². The van der Waals surface area contributed by atoms with Gasteiger partial charge in [0.05, 0.1) is 0 Å². The van der Waals surface area contributed by atoms with Gasteiger partial charge in [0, 0.05) is 6.04 Å². The molecule has 0 atom stereocenters. The van der Waals surface area contributed by atoms with Crippen LogP contribution in [0.3, 0.4) is 0 Å². The van der Waals surface area contributed by atoms with Crippen LogP contribution in [0.1, 0.15) is 66.2 Å². The Morgan fingerprint density at radius 1 is 1.20 bits per heavy atom. The van der Waals surface area contributed by atoms with Crippen LogP contribution in [0, 0.1) is 11.3 Å². The molecule has 1 saturated carbocycles. The average molecular weight is 211 g/mol. The summed E-state index contributed by atoms with van der Waals surface area (Å²) < 4.78 is 0. The molecule has 90 valence electrons. The number of hydrogen-bond donors (Lipinski definition) is 1. The van der Waals surface area contributed by atoms with Gasteiger partial charge in [-0.05, 0) is 56.4 Å². The monoisotopic (exact) mass is 211 g/mol. The van der Waals surface area contributed by atoms with Crippen molar-refractivity contribution in [3.63, 3.8) is 0 Å². The van der Waals surface area contributed by atoms with Crippen LogP contribution >= 0.6 is 0 Å². The zero-order valence-corrected chi connectivity index (χ0v) is 11.1. The second kappa shape index (κ2) is 5.89. The molecule has 1 rings (SSSR count). The molecule has 15 heavy (non-hydrogen) atoms. The zero-order chi connectivity index (χ0) is 11.3. The summed E-state index contributed by atoms with van der Waals surface area (Å²) in [6.45, 7) is 10.7. The van der Waals surface area contributed by atoms with E-state index in [4.69, 9.17) is 0 Å². The van der Waals surface area contributed by atoms with Crippen molar-refractivity contribution in [2.24, 2.45) is 11.3 Å². The lowest BCUT2D eigenvalue weighted by molar-refractivity contribution is 0.206. The standard InChI is InChI=1S/C14H29N/c1-12(2)6-5-11-15-13-7-9-14(3,4)10-8-13/h12-13,15H,5-11H2,1-4H3. The number of rotatable bonds is 5. The molecule has 1 fully saturated rings. The summed E-state index contributed by atoms with van der Waals surface area (Å²) in [5, 5.41) is 3.71. The minimum atomic E-state index is 0.607. The van der Waals surface area contributed by atoms with Crippen LogP contribution in [-0.2, 0) is 0 Å². The van der Waals surface area contributed by atoms with E-state index in [2.05, 4.69) is 33.0 Å². The predicted molar refractivity (Wildman–Crippen MR) is 68.1 cm³/mol. The molecular weight excluding hydrogens is 182 g/mol. The second-order valence-corrected chi connectivity index (χ2v) is 6.43. The maximum atomic E-state index is 3.71. The van der Waals surface area contributed by atoms with E-state index in [1.165, 1.54) is 45.1 Å². The molecule has 0 radical (unpaired) electrons. The summed E-state index contributed by atoms with van der Waals surface area (Å²) in [5.74, 6) is 0.858. The quantitative estimate of drug-likeness (QED) is 0.678.